The quantitative estimate of drug-likeness (QED) is 0.444. The molecule has 0 spiro atoms. The van der Waals surface area contributed by atoms with Crippen LogP contribution in [0.1, 0.15) is 12.5 Å². The van der Waals surface area contributed by atoms with Crippen molar-refractivity contribution in [1.82, 2.24) is 0 Å². The minimum absolute atomic E-state index is 0.0150. The number of allylic oxidation sites excluding steroid dienone is 1. The minimum atomic E-state index is -4.32. The highest BCUT2D eigenvalue weighted by Crippen LogP contribution is 2.32. The van der Waals surface area contributed by atoms with E-state index in [2.05, 4.69) is 6.58 Å². The molecule has 0 unspecified atom stereocenters. The molecule has 0 aliphatic carbocycles. The van der Waals surface area contributed by atoms with Gasteiger partial charge in [0.1, 0.15) is 4.90 Å². The molecule has 0 fully saturated rings. The molecule has 0 heterocycles. The van der Waals surface area contributed by atoms with Gasteiger partial charge in [0, 0.05) is 5.39 Å². The molecule has 112 valence electrons. The maximum Gasteiger partial charge on any atom is 0.295 e. The SMILES string of the molecule is C=C(C)Cc1ccc2c(ccc3ccccc32)c1S(=O)(=O)O. The van der Waals surface area contributed by atoms with Crippen LogP contribution in [0.3, 0.4) is 0 Å². The van der Waals surface area contributed by atoms with Crippen molar-refractivity contribution in [1.29, 1.82) is 0 Å². The highest BCUT2D eigenvalue weighted by atomic mass is 32.2. The van der Waals surface area contributed by atoms with Gasteiger partial charge in [-0.05, 0) is 35.1 Å². The Morgan fingerprint density at radius 3 is 2.36 bits per heavy atom. The van der Waals surface area contributed by atoms with Gasteiger partial charge in [-0.2, -0.15) is 8.42 Å². The average Bonchev–Trinajstić information content (AvgIpc) is 2.44. The van der Waals surface area contributed by atoms with E-state index in [9.17, 15) is 13.0 Å². The van der Waals surface area contributed by atoms with E-state index >= 15 is 0 Å². The summed E-state index contributed by atoms with van der Waals surface area (Å²) in [6.07, 6.45) is 0.415. The standard InChI is InChI=1S/C18H16O3S/c1-12(2)11-14-8-9-16-15-6-4-3-5-13(15)7-10-17(16)18(14)22(19,20)21/h3-10H,1,11H2,2H3,(H,19,20,21). The smallest absolute Gasteiger partial charge is 0.282 e. The molecule has 0 bridgehead atoms. The van der Waals surface area contributed by atoms with Gasteiger partial charge in [-0.1, -0.05) is 60.7 Å². The molecule has 1 N–H and O–H groups in total. The Balaban J connectivity index is 2.47. The van der Waals surface area contributed by atoms with Crippen LogP contribution in [-0.4, -0.2) is 13.0 Å². The zero-order valence-electron chi connectivity index (χ0n) is 12.2. The molecule has 0 saturated heterocycles. The van der Waals surface area contributed by atoms with Gasteiger partial charge >= 0.3 is 0 Å². The number of rotatable bonds is 3. The topological polar surface area (TPSA) is 54.4 Å². The predicted molar refractivity (Wildman–Crippen MR) is 89.8 cm³/mol. The van der Waals surface area contributed by atoms with Gasteiger partial charge in [-0.25, -0.2) is 0 Å². The number of benzene rings is 3. The van der Waals surface area contributed by atoms with Crippen molar-refractivity contribution in [2.45, 2.75) is 18.2 Å². The lowest BCUT2D eigenvalue weighted by Gasteiger charge is -2.12. The fourth-order valence-corrected chi connectivity index (χ4v) is 3.80. The van der Waals surface area contributed by atoms with E-state index in [-0.39, 0.29) is 4.90 Å². The highest BCUT2D eigenvalue weighted by molar-refractivity contribution is 7.86. The van der Waals surface area contributed by atoms with Crippen LogP contribution in [0.5, 0.6) is 0 Å². The molecule has 0 atom stereocenters. The minimum Gasteiger partial charge on any atom is -0.282 e. The van der Waals surface area contributed by atoms with Gasteiger partial charge in [0.05, 0.1) is 0 Å². The third-order valence-electron chi connectivity index (χ3n) is 3.71. The molecular formula is C18H16O3S. The second-order valence-electron chi connectivity index (χ2n) is 5.54. The van der Waals surface area contributed by atoms with E-state index in [0.29, 0.717) is 17.4 Å². The molecule has 0 amide bonds. The molecule has 22 heavy (non-hydrogen) atoms. The van der Waals surface area contributed by atoms with Crippen LogP contribution in [0.15, 0.2) is 65.6 Å². The number of hydrogen-bond acceptors (Lipinski definition) is 2. The summed E-state index contributed by atoms with van der Waals surface area (Å²) in [5.41, 5.74) is 1.41. The monoisotopic (exact) mass is 312 g/mol. The summed E-state index contributed by atoms with van der Waals surface area (Å²) in [5, 5.41) is 3.35. The van der Waals surface area contributed by atoms with Crippen molar-refractivity contribution >= 4 is 31.7 Å². The Morgan fingerprint density at radius 1 is 1.00 bits per heavy atom. The van der Waals surface area contributed by atoms with E-state index in [1.807, 2.05) is 43.3 Å². The summed E-state index contributed by atoms with van der Waals surface area (Å²) >= 11 is 0. The third-order valence-corrected chi connectivity index (χ3v) is 4.71. The predicted octanol–water partition coefficient (Wildman–Crippen LogP) is 4.36. The van der Waals surface area contributed by atoms with Crippen LogP contribution >= 0.6 is 0 Å². The Kier molecular flexibility index (Phi) is 3.51. The normalized spacial score (nSPS) is 11.9. The van der Waals surface area contributed by atoms with Crippen molar-refractivity contribution in [3.8, 4) is 0 Å². The van der Waals surface area contributed by atoms with Crippen molar-refractivity contribution < 1.29 is 13.0 Å². The summed E-state index contributed by atoms with van der Waals surface area (Å²) in [4.78, 5) is -0.0150. The first kappa shape index (κ1) is 14.8. The Labute approximate surface area is 129 Å². The Morgan fingerprint density at radius 2 is 1.68 bits per heavy atom. The molecule has 0 aliphatic heterocycles. The van der Waals surface area contributed by atoms with Crippen molar-refractivity contribution in [2.75, 3.05) is 0 Å². The zero-order chi connectivity index (χ0) is 15.9. The van der Waals surface area contributed by atoms with E-state index in [1.54, 1.807) is 12.1 Å². The van der Waals surface area contributed by atoms with Crippen LogP contribution in [0.25, 0.3) is 21.5 Å². The van der Waals surface area contributed by atoms with Crippen molar-refractivity contribution in [3.05, 3.63) is 66.2 Å². The average molecular weight is 312 g/mol. The molecule has 3 aromatic rings. The van der Waals surface area contributed by atoms with Gasteiger partial charge in [0.2, 0.25) is 0 Å². The summed E-state index contributed by atoms with van der Waals surface area (Å²) in [5.74, 6) is 0. The second-order valence-corrected chi connectivity index (χ2v) is 6.90. The Hall–Kier alpha value is -2.17. The molecular weight excluding hydrogens is 296 g/mol. The molecule has 4 heteroatoms. The maximum atomic E-state index is 11.9. The van der Waals surface area contributed by atoms with E-state index in [4.69, 9.17) is 0 Å². The Bertz CT molecular complexity index is 1000. The van der Waals surface area contributed by atoms with Gasteiger partial charge in [0.25, 0.3) is 10.1 Å². The first-order valence-corrected chi connectivity index (χ1v) is 8.37. The highest BCUT2D eigenvalue weighted by Gasteiger charge is 2.20. The molecule has 0 saturated carbocycles. The van der Waals surface area contributed by atoms with E-state index < -0.39 is 10.1 Å². The summed E-state index contributed by atoms with van der Waals surface area (Å²) in [6, 6.07) is 15.1. The van der Waals surface area contributed by atoms with Gasteiger partial charge < -0.3 is 0 Å². The van der Waals surface area contributed by atoms with E-state index in [1.165, 1.54) is 0 Å². The lowest BCUT2D eigenvalue weighted by molar-refractivity contribution is 0.483. The molecule has 0 aliphatic rings. The lowest BCUT2D eigenvalue weighted by Crippen LogP contribution is -2.05. The molecule has 3 nitrogen and oxygen atoms in total. The largest absolute Gasteiger partial charge is 0.295 e. The molecule has 0 aromatic heterocycles. The van der Waals surface area contributed by atoms with Crippen LogP contribution in [0, 0.1) is 0 Å². The molecule has 3 rings (SSSR count). The van der Waals surface area contributed by atoms with Crippen molar-refractivity contribution in [2.24, 2.45) is 0 Å². The van der Waals surface area contributed by atoms with Gasteiger partial charge in [0.15, 0.2) is 0 Å². The fraction of sp³-hybridized carbons (Fsp3) is 0.111. The molecule has 0 radical (unpaired) electrons. The van der Waals surface area contributed by atoms with Crippen LogP contribution in [0.2, 0.25) is 0 Å². The summed E-state index contributed by atoms with van der Waals surface area (Å²) in [7, 11) is -4.32. The first-order chi connectivity index (χ1) is 10.4. The second kappa shape index (κ2) is 5.23. The lowest BCUT2D eigenvalue weighted by atomic mass is 9.98. The summed E-state index contributed by atoms with van der Waals surface area (Å²) < 4.78 is 33.5. The van der Waals surface area contributed by atoms with E-state index in [0.717, 1.165) is 21.7 Å². The summed E-state index contributed by atoms with van der Waals surface area (Å²) in [6.45, 7) is 5.66. The van der Waals surface area contributed by atoms with Gasteiger partial charge in [-0.15, -0.1) is 0 Å². The first-order valence-electron chi connectivity index (χ1n) is 6.93. The zero-order valence-corrected chi connectivity index (χ0v) is 13.0. The molecule has 3 aromatic carbocycles. The van der Waals surface area contributed by atoms with Crippen LogP contribution < -0.4 is 0 Å². The third kappa shape index (κ3) is 2.51. The van der Waals surface area contributed by atoms with Crippen LogP contribution in [0.4, 0.5) is 0 Å². The maximum absolute atomic E-state index is 11.9. The number of hydrogen-bond donors (Lipinski definition) is 1. The van der Waals surface area contributed by atoms with Crippen molar-refractivity contribution in [3.63, 3.8) is 0 Å². The number of fused-ring (bicyclic) bond motifs is 3. The fourth-order valence-electron chi connectivity index (χ4n) is 2.87. The van der Waals surface area contributed by atoms with Gasteiger partial charge in [-0.3, -0.25) is 4.55 Å². The van der Waals surface area contributed by atoms with Crippen LogP contribution in [-0.2, 0) is 16.5 Å².